The predicted molar refractivity (Wildman–Crippen MR) is 76.6 cm³/mol. The Morgan fingerprint density at radius 2 is 2.37 bits per heavy atom. The van der Waals surface area contributed by atoms with Gasteiger partial charge in [0.25, 0.3) is 0 Å². The van der Waals surface area contributed by atoms with Crippen LogP contribution in [0.15, 0.2) is 22.7 Å². The molecular weight excluding hydrogens is 310 g/mol. The molecule has 1 aromatic rings. The number of piperidine rings is 1. The smallest absolute Gasteiger partial charge is 0.311 e. The Kier molecular flexibility index (Phi) is 4.47. The van der Waals surface area contributed by atoms with E-state index in [-0.39, 0.29) is 0 Å². The van der Waals surface area contributed by atoms with Gasteiger partial charge in [-0.3, -0.25) is 4.79 Å². The molecule has 5 heteroatoms. The molecular formula is C14H18BrNO3. The molecule has 1 atom stereocenters. The Hall–Kier alpha value is -1.07. The summed E-state index contributed by atoms with van der Waals surface area (Å²) in [6.45, 7) is 1.42. The maximum atomic E-state index is 11.7. The summed E-state index contributed by atoms with van der Waals surface area (Å²) in [5.74, 6) is 0.0249. The van der Waals surface area contributed by atoms with Crippen LogP contribution in [0.25, 0.3) is 0 Å². The zero-order valence-electron chi connectivity index (χ0n) is 10.9. The van der Waals surface area contributed by atoms with E-state index in [1.807, 2.05) is 18.2 Å². The summed E-state index contributed by atoms with van der Waals surface area (Å²) in [6, 6.07) is 5.67. The number of halogens is 1. The number of carbonyl (C=O) groups is 1. The van der Waals surface area contributed by atoms with E-state index in [2.05, 4.69) is 21.2 Å². The van der Waals surface area contributed by atoms with Crippen LogP contribution < -0.4 is 10.1 Å². The molecule has 1 unspecified atom stereocenters. The molecule has 19 heavy (non-hydrogen) atoms. The van der Waals surface area contributed by atoms with Gasteiger partial charge in [0.15, 0.2) is 0 Å². The van der Waals surface area contributed by atoms with Crippen LogP contribution >= 0.6 is 15.9 Å². The van der Waals surface area contributed by atoms with Crippen LogP contribution in [-0.2, 0) is 11.2 Å². The Balaban J connectivity index is 2.28. The van der Waals surface area contributed by atoms with Gasteiger partial charge in [0, 0.05) is 11.0 Å². The number of nitrogens with one attached hydrogen (secondary N) is 1. The van der Waals surface area contributed by atoms with Gasteiger partial charge in [0.1, 0.15) is 5.75 Å². The topological polar surface area (TPSA) is 58.6 Å². The van der Waals surface area contributed by atoms with Crippen molar-refractivity contribution in [1.29, 1.82) is 0 Å². The summed E-state index contributed by atoms with van der Waals surface area (Å²) >= 11 is 3.49. The third-order valence-corrected chi connectivity index (χ3v) is 4.48. The van der Waals surface area contributed by atoms with Crippen molar-refractivity contribution in [1.82, 2.24) is 5.32 Å². The van der Waals surface area contributed by atoms with E-state index >= 15 is 0 Å². The first-order chi connectivity index (χ1) is 9.07. The lowest BCUT2D eigenvalue weighted by Crippen LogP contribution is -2.47. The largest absolute Gasteiger partial charge is 0.497 e. The lowest BCUT2D eigenvalue weighted by molar-refractivity contribution is -0.150. The Morgan fingerprint density at radius 3 is 2.95 bits per heavy atom. The summed E-state index contributed by atoms with van der Waals surface area (Å²) in [7, 11) is 1.61. The van der Waals surface area contributed by atoms with E-state index in [1.165, 1.54) is 0 Å². The molecule has 0 amide bonds. The van der Waals surface area contributed by atoms with E-state index in [1.54, 1.807) is 7.11 Å². The van der Waals surface area contributed by atoms with Crippen molar-refractivity contribution in [3.8, 4) is 5.75 Å². The molecule has 0 aliphatic carbocycles. The van der Waals surface area contributed by atoms with Crippen molar-refractivity contribution in [3.05, 3.63) is 28.2 Å². The van der Waals surface area contributed by atoms with Crippen LogP contribution in [0.1, 0.15) is 18.4 Å². The summed E-state index contributed by atoms with van der Waals surface area (Å²) in [4.78, 5) is 11.7. The van der Waals surface area contributed by atoms with Gasteiger partial charge in [0.2, 0.25) is 0 Å². The number of benzene rings is 1. The van der Waals surface area contributed by atoms with Gasteiger partial charge in [-0.25, -0.2) is 0 Å². The molecule has 2 N–H and O–H groups in total. The van der Waals surface area contributed by atoms with Gasteiger partial charge < -0.3 is 15.2 Å². The van der Waals surface area contributed by atoms with Gasteiger partial charge in [-0.2, -0.15) is 0 Å². The summed E-state index contributed by atoms with van der Waals surface area (Å²) in [5.41, 5.74) is 0.262. The van der Waals surface area contributed by atoms with E-state index in [0.717, 1.165) is 28.8 Å². The van der Waals surface area contributed by atoms with Crippen molar-refractivity contribution in [2.75, 3.05) is 20.2 Å². The maximum Gasteiger partial charge on any atom is 0.311 e. The number of aliphatic carboxylic acids is 1. The number of hydrogen-bond acceptors (Lipinski definition) is 3. The SMILES string of the molecule is COc1ccc(Br)c(CC2(C(=O)O)CCCNC2)c1. The van der Waals surface area contributed by atoms with Crippen molar-refractivity contribution in [3.63, 3.8) is 0 Å². The van der Waals surface area contributed by atoms with Crippen LogP contribution in [0.4, 0.5) is 0 Å². The highest BCUT2D eigenvalue weighted by atomic mass is 79.9. The van der Waals surface area contributed by atoms with Crippen LogP contribution in [-0.4, -0.2) is 31.3 Å². The fourth-order valence-corrected chi connectivity index (χ4v) is 2.94. The monoisotopic (exact) mass is 327 g/mol. The molecule has 1 fully saturated rings. The molecule has 2 rings (SSSR count). The number of hydrogen-bond donors (Lipinski definition) is 2. The van der Waals surface area contributed by atoms with Gasteiger partial charge in [-0.1, -0.05) is 15.9 Å². The van der Waals surface area contributed by atoms with Crippen molar-refractivity contribution < 1.29 is 14.6 Å². The van der Waals surface area contributed by atoms with E-state index < -0.39 is 11.4 Å². The van der Waals surface area contributed by atoms with Gasteiger partial charge in [0.05, 0.1) is 12.5 Å². The molecule has 0 bridgehead atoms. The molecule has 4 nitrogen and oxygen atoms in total. The summed E-state index contributed by atoms with van der Waals surface area (Å²) in [6.07, 6.45) is 2.11. The second kappa shape index (κ2) is 5.92. The normalized spacial score (nSPS) is 23.1. The lowest BCUT2D eigenvalue weighted by atomic mass is 9.76. The molecule has 1 aromatic carbocycles. The first kappa shape index (κ1) is 14.3. The minimum Gasteiger partial charge on any atom is -0.497 e. The quantitative estimate of drug-likeness (QED) is 0.891. The van der Waals surface area contributed by atoms with Crippen LogP contribution in [0.5, 0.6) is 5.75 Å². The van der Waals surface area contributed by atoms with Crippen molar-refractivity contribution >= 4 is 21.9 Å². The third kappa shape index (κ3) is 3.09. The van der Waals surface area contributed by atoms with E-state index in [9.17, 15) is 9.90 Å². The predicted octanol–water partition coefficient (Wildman–Crippen LogP) is 2.45. The molecule has 0 aromatic heterocycles. The van der Waals surface area contributed by atoms with Gasteiger partial charge in [-0.05, 0) is 49.6 Å². The summed E-state index contributed by atoms with van der Waals surface area (Å²) in [5, 5.41) is 12.8. The van der Waals surface area contributed by atoms with E-state index in [4.69, 9.17) is 4.74 Å². The van der Waals surface area contributed by atoms with Gasteiger partial charge in [-0.15, -0.1) is 0 Å². The highest BCUT2D eigenvalue weighted by molar-refractivity contribution is 9.10. The fourth-order valence-electron chi connectivity index (χ4n) is 2.55. The van der Waals surface area contributed by atoms with Crippen LogP contribution in [0, 0.1) is 5.41 Å². The van der Waals surface area contributed by atoms with Crippen molar-refractivity contribution in [2.45, 2.75) is 19.3 Å². The number of ether oxygens (including phenoxy) is 1. The second-order valence-electron chi connectivity index (χ2n) is 5.00. The molecule has 0 radical (unpaired) electrons. The molecule has 1 aliphatic rings. The Bertz CT molecular complexity index is 470. The minimum atomic E-state index is -0.727. The average molecular weight is 328 g/mol. The molecule has 1 aliphatic heterocycles. The second-order valence-corrected chi connectivity index (χ2v) is 5.85. The number of methoxy groups -OCH3 is 1. The Labute approximate surface area is 121 Å². The number of rotatable bonds is 4. The zero-order valence-corrected chi connectivity index (χ0v) is 12.5. The van der Waals surface area contributed by atoms with Crippen LogP contribution in [0.3, 0.4) is 0 Å². The lowest BCUT2D eigenvalue weighted by Gasteiger charge is -2.34. The Morgan fingerprint density at radius 1 is 1.58 bits per heavy atom. The molecule has 0 saturated carbocycles. The molecule has 0 spiro atoms. The summed E-state index contributed by atoms with van der Waals surface area (Å²) < 4.78 is 6.14. The third-order valence-electron chi connectivity index (χ3n) is 3.71. The molecule has 1 saturated heterocycles. The van der Waals surface area contributed by atoms with Crippen LogP contribution in [0.2, 0.25) is 0 Å². The fraction of sp³-hybridized carbons (Fsp3) is 0.500. The van der Waals surface area contributed by atoms with E-state index in [0.29, 0.717) is 19.4 Å². The standard InChI is InChI=1S/C14H18BrNO3/c1-19-11-3-4-12(15)10(7-11)8-14(13(17)18)5-2-6-16-9-14/h3-4,7,16H,2,5-6,8-9H2,1H3,(H,17,18). The molecule has 104 valence electrons. The first-order valence-electron chi connectivity index (χ1n) is 6.34. The number of carboxylic acids is 1. The maximum absolute atomic E-state index is 11.7. The molecule has 1 heterocycles. The zero-order chi connectivity index (χ0) is 13.9. The highest BCUT2D eigenvalue weighted by Crippen LogP contribution is 2.34. The average Bonchev–Trinajstić information content (AvgIpc) is 2.42. The first-order valence-corrected chi connectivity index (χ1v) is 7.13. The highest BCUT2D eigenvalue weighted by Gasteiger charge is 2.40. The number of carboxylic acid groups (broad SMARTS) is 1. The van der Waals surface area contributed by atoms with Gasteiger partial charge >= 0.3 is 5.97 Å². The van der Waals surface area contributed by atoms with Crippen molar-refractivity contribution in [2.24, 2.45) is 5.41 Å². The minimum absolute atomic E-state index is 0.507.